The molecule has 3 heterocycles. The van der Waals surface area contributed by atoms with Gasteiger partial charge in [-0.1, -0.05) is 12.1 Å². The molecule has 2 aromatic rings. The first-order valence-electron chi connectivity index (χ1n) is 8.40. The number of rotatable bonds is 5. The Morgan fingerprint density at radius 2 is 2.22 bits per heavy atom. The Balaban J connectivity index is 1.60. The minimum absolute atomic E-state index is 0.176. The number of hydrogen-bond acceptors (Lipinski definition) is 4. The van der Waals surface area contributed by atoms with Crippen molar-refractivity contribution in [2.45, 2.75) is 51.5 Å². The van der Waals surface area contributed by atoms with Crippen LogP contribution in [0.2, 0.25) is 0 Å². The molecule has 6 nitrogen and oxygen atoms in total. The largest absolute Gasteiger partial charge is 0.351 e. The van der Waals surface area contributed by atoms with Crippen LogP contribution >= 0.6 is 0 Å². The topological polar surface area (TPSA) is 64.2 Å². The van der Waals surface area contributed by atoms with Crippen LogP contribution in [0, 0.1) is 0 Å². The molecule has 0 aromatic carbocycles. The second-order valence-electron chi connectivity index (χ2n) is 6.26. The SMILES string of the molecule is CCc1nc([C@@H]2CCCN(C(=O)C[C@H](C)n3cccc3)C2)no1. The van der Waals surface area contributed by atoms with E-state index in [0.717, 1.165) is 31.6 Å². The maximum absolute atomic E-state index is 12.6. The van der Waals surface area contributed by atoms with Crippen LogP contribution in [0.5, 0.6) is 0 Å². The van der Waals surface area contributed by atoms with Crippen LogP contribution in [-0.2, 0) is 11.2 Å². The Morgan fingerprint density at radius 1 is 1.43 bits per heavy atom. The lowest BCUT2D eigenvalue weighted by atomic mass is 9.97. The van der Waals surface area contributed by atoms with Crippen molar-refractivity contribution in [1.82, 2.24) is 19.6 Å². The molecule has 2 aromatic heterocycles. The molecule has 0 aliphatic carbocycles. The summed E-state index contributed by atoms with van der Waals surface area (Å²) in [5, 5.41) is 4.08. The zero-order valence-corrected chi connectivity index (χ0v) is 13.8. The van der Waals surface area contributed by atoms with E-state index in [4.69, 9.17) is 4.52 Å². The summed E-state index contributed by atoms with van der Waals surface area (Å²) in [6, 6.07) is 4.15. The molecule has 0 unspecified atom stereocenters. The molecule has 0 bridgehead atoms. The number of carbonyl (C=O) groups is 1. The van der Waals surface area contributed by atoms with Gasteiger partial charge in [-0.05, 0) is 31.9 Å². The molecule has 1 fully saturated rings. The lowest BCUT2D eigenvalue weighted by Gasteiger charge is -2.32. The third-order valence-corrected chi connectivity index (χ3v) is 4.53. The molecule has 6 heteroatoms. The van der Waals surface area contributed by atoms with Gasteiger partial charge >= 0.3 is 0 Å². The molecule has 3 rings (SSSR count). The smallest absolute Gasteiger partial charge is 0.226 e. The molecule has 1 aliphatic heterocycles. The number of likely N-dealkylation sites (tertiary alicyclic amines) is 1. The zero-order valence-electron chi connectivity index (χ0n) is 13.8. The molecular weight excluding hydrogens is 292 g/mol. The monoisotopic (exact) mass is 316 g/mol. The van der Waals surface area contributed by atoms with Crippen molar-refractivity contribution in [3.8, 4) is 0 Å². The summed E-state index contributed by atoms with van der Waals surface area (Å²) in [6.45, 7) is 5.59. The van der Waals surface area contributed by atoms with Crippen LogP contribution < -0.4 is 0 Å². The van der Waals surface area contributed by atoms with Gasteiger partial charge in [-0.15, -0.1) is 0 Å². The number of aryl methyl sites for hydroxylation is 1. The van der Waals surface area contributed by atoms with E-state index in [1.807, 2.05) is 36.4 Å². The van der Waals surface area contributed by atoms with Crippen molar-refractivity contribution >= 4 is 5.91 Å². The van der Waals surface area contributed by atoms with Gasteiger partial charge in [0.25, 0.3) is 0 Å². The summed E-state index contributed by atoms with van der Waals surface area (Å²) in [5.74, 6) is 1.82. The van der Waals surface area contributed by atoms with Crippen LogP contribution in [0.3, 0.4) is 0 Å². The maximum Gasteiger partial charge on any atom is 0.226 e. The number of aromatic nitrogens is 3. The Bertz CT molecular complexity index is 635. The molecule has 1 aliphatic rings. The summed E-state index contributed by atoms with van der Waals surface area (Å²) >= 11 is 0. The highest BCUT2D eigenvalue weighted by Crippen LogP contribution is 2.26. The number of carbonyl (C=O) groups excluding carboxylic acids is 1. The molecule has 1 saturated heterocycles. The Morgan fingerprint density at radius 3 is 2.91 bits per heavy atom. The summed E-state index contributed by atoms with van der Waals surface area (Å²) in [7, 11) is 0. The highest BCUT2D eigenvalue weighted by Gasteiger charge is 2.28. The molecule has 1 amide bonds. The van der Waals surface area contributed by atoms with Gasteiger partial charge in [0.1, 0.15) is 0 Å². The minimum Gasteiger partial charge on any atom is -0.351 e. The molecule has 2 atom stereocenters. The van der Waals surface area contributed by atoms with Crippen molar-refractivity contribution in [1.29, 1.82) is 0 Å². The molecule has 23 heavy (non-hydrogen) atoms. The second-order valence-corrected chi connectivity index (χ2v) is 6.26. The molecule has 124 valence electrons. The fourth-order valence-corrected chi connectivity index (χ4v) is 3.12. The summed E-state index contributed by atoms with van der Waals surface area (Å²) < 4.78 is 7.28. The number of amides is 1. The number of hydrogen-bond donors (Lipinski definition) is 0. The highest BCUT2D eigenvalue weighted by molar-refractivity contribution is 5.76. The molecule has 0 saturated carbocycles. The Hall–Kier alpha value is -2.11. The fraction of sp³-hybridized carbons (Fsp3) is 0.588. The van der Waals surface area contributed by atoms with Gasteiger partial charge in [0, 0.05) is 50.3 Å². The van der Waals surface area contributed by atoms with Crippen LogP contribution in [0.1, 0.15) is 56.8 Å². The lowest BCUT2D eigenvalue weighted by molar-refractivity contribution is -0.133. The minimum atomic E-state index is 0.176. The van der Waals surface area contributed by atoms with Gasteiger partial charge in [0.2, 0.25) is 11.8 Å². The highest BCUT2D eigenvalue weighted by atomic mass is 16.5. The van der Waals surface area contributed by atoms with Crippen molar-refractivity contribution in [2.24, 2.45) is 0 Å². The molecule has 0 radical (unpaired) electrons. The Labute approximate surface area is 136 Å². The third kappa shape index (κ3) is 3.63. The van der Waals surface area contributed by atoms with Crippen LogP contribution in [-0.4, -0.2) is 38.6 Å². The third-order valence-electron chi connectivity index (χ3n) is 4.53. The van der Waals surface area contributed by atoms with Gasteiger partial charge in [-0.3, -0.25) is 4.79 Å². The van der Waals surface area contributed by atoms with Crippen LogP contribution in [0.15, 0.2) is 29.0 Å². The van der Waals surface area contributed by atoms with Crippen molar-refractivity contribution in [3.63, 3.8) is 0 Å². The quantitative estimate of drug-likeness (QED) is 0.851. The van der Waals surface area contributed by atoms with Crippen molar-refractivity contribution in [2.75, 3.05) is 13.1 Å². The van der Waals surface area contributed by atoms with Crippen molar-refractivity contribution in [3.05, 3.63) is 36.2 Å². The van der Waals surface area contributed by atoms with Gasteiger partial charge < -0.3 is 14.0 Å². The fourth-order valence-electron chi connectivity index (χ4n) is 3.12. The van der Waals surface area contributed by atoms with E-state index in [9.17, 15) is 4.79 Å². The van der Waals surface area contributed by atoms with E-state index in [1.165, 1.54) is 0 Å². The van der Waals surface area contributed by atoms with E-state index < -0.39 is 0 Å². The first-order valence-corrected chi connectivity index (χ1v) is 8.40. The van der Waals surface area contributed by atoms with E-state index in [0.29, 0.717) is 18.9 Å². The molecule has 0 spiro atoms. The van der Waals surface area contributed by atoms with Gasteiger partial charge in [-0.2, -0.15) is 4.98 Å². The van der Waals surface area contributed by atoms with Gasteiger partial charge in [-0.25, -0.2) is 0 Å². The lowest BCUT2D eigenvalue weighted by Crippen LogP contribution is -2.40. The molecule has 0 N–H and O–H groups in total. The van der Waals surface area contributed by atoms with E-state index in [2.05, 4.69) is 21.6 Å². The zero-order chi connectivity index (χ0) is 16.2. The predicted octanol–water partition coefficient (Wildman–Crippen LogP) is 2.79. The average molecular weight is 316 g/mol. The summed E-state index contributed by atoms with van der Waals surface area (Å²) in [6.07, 6.45) is 7.28. The predicted molar refractivity (Wildman–Crippen MR) is 86.0 cm³/mol. The maximum atomic E-state index is 12.6. The van der Waals surface area contributed by atoms with Crippen molar-refractivity contribution < 1.29 is 9.32 Å². The first kappa shape index (κ1) is 15.8. The van der Waals surface area contributed by atoms with Gasteiger partial charge in [0.05, 0.1) is 0 Å². The Kier molecular flexibility index (Phi) is 4.79. The first-order chi connectivity index (χ1) is 11.2. The van der Waals surface area contributed by atoms with E-state index in [1.54, 1.807) is 0 Å². The summed E-state index contributed by atoms with van der Waals surface area (Å²) in [4.78, 5) is 19.0. The standard InChI is InChI=1S/C17H24N4O2/c1-3-15-18-17(19-23-15)14-7-6-10-21(12-14)16(22)11-13(2)20-8-4-5-9-20/h4-5,8-9,13-14H,3,6-7,10-12H2,1-2H3/t13-,14+/m0/s1. The average Bonchev–Trinajstić information content (AvgIpc) is 3.26. The van der Waals surface area contributed by atoms with Gasteiger partial charge in [0.15, 0.2) is 5.82 Å². The van der Waals surface area contributed by atoms with E-state index in [-0.39, 0.29) is 17.9 Å². The summed E-state index contributed by atoms with van der Waals surface area (Å²) in [5.41, 5.74) is 0. The number of piperidine rings is 1. The second kappa shape index (κ2) is 6.98. The van der Waals surface area contributed by atoms with Crippen LogP contribution in [0.4, 0.5) is 0 Å². The number of nitrogens with zero attached hydrogens (tertiary/aromatic N) is 4. The molecular formula is C17H24N4O2. The normalized spacial score (nSPS) is 19.7. The van der Waals surface area contributed by atoms with E-state index >= 15 is 0 Å². The van der Waals surface area contributed by atoms with Crippen LogP contribution in [0.25, 0.3) is 0 Å².